The lowest BCUT2D eigenvalue weighted by molar-refractivity contribution is 0.383. The average Bonchev–Trinajstić information content (AvgIpc) is 2.02. The minimum Gasteiger partial charge on any atom is -0.362 e. The first-order valence-electron chi connectivity index (χ1n) is 4.64. The van der Waals surface area contributed by atoms with Gasteiger partial charge in [0.15, 0.2) is 0 Å². The molecule has 1 aromatic heterocycles. The van der Waals surface area contributed by atoms with E-state index in [0.717, 1.165) is 12.4 Å². The van der Waals surface area contributed by atoms with Gasteiger partial charge in [0.2, 0.25) is 0 Å². The second-order valence-electron chi connectivity index (χ2n) is 3.61. The summed E-state index contributed by atoms with van der Waals surface area (Å²) in [4.78, 5) is 6.43. The van der Waals surface area contributed by atoms with Crippen molar-refractivity contribution in [2.75, 3.05) is 25.5 Å². The van der Waals surface area contributed by atoms with E-state index in [-0.39, 0.29) is 0 Å². The lowest BCUT2D eigenvalue weighted by atomic mass is 9.98. The van der Waals surface area contributed by atoms with E-state index in [9.17, 15) is 0 Å². The van der Waals surface area contributed by atoms with Crippen molar-refractivity contribution in [3.8, 4) is 0 Å². The maximum Gasteiger partial charge on any atom is 0.132 e. The molecule has 13 heavy (non-hydrogen) atoms. The van der Waals surface area contributed by atoms with Crippen molar-refractivity contribution in [3.63, 3.8) is 0 Å². The Labute approximate surface area is 78.8 Å². The largest absolute Gasteiger partial charge is 0.362 e. The quantitative estimate of drug-likeness (QED) is 0.735. The number of hydrogen-bond acceptors (Lipinski definition) is 3. The second kappa shape index (κ2) is 3.34. The third kappa shape index (κ3) is 1.52. The van der Waals surface area contributed by atoms with E-state index >= 15 is 0 Å². The summed E-state index contributed by atoms with van der Waals surface area (Å²) in [6.45, 7) is 1.13. The molecule has 2 heterocycles. The van der Waals surface area contributed by atoms with Gasteiger partial charge in [-0.3, -0.25) is 0 Å². The van der Waals surface area contributed by atoms with Gasteiger partial charge in [0.25, 0.3) is 0 Å². The molecule has 0 radical (unpaired) electrons. The van der Waals surface area contributed by atoms with Crippen LogP contribution in [0.2, 0.25) is 0 Å². The van der Waals surface area contributed by atoms with E-state index in [2.05, 4.69) is 21.3 Å². The van der Waals surface area contributed by atoms with Gasteiger partial charge in [0, 0.05) is 31.9 Å². The molecule has 0 aliphatic carbocycles. The SMILES string of the molecule is CN(C)c1ncccc1C1CCN1. The number of hydrogen-bond donors (Lipinski definition) is 1. The zero-order valence-corrected chi connectivity index (χ0v) is 8.12. The summed E-state index contributed by atoms with van der Waals surface area (Å²) in [5, 5.41) is 3.39. The Morgan fingerprint density at radius 3 is 2.85 bits per heavy atom. The van der Waals surface area contributed by atoms with Crippen LogP contribution in [0, 0.1) is 0 Å². The first-order valence-corrected chi connectivity index (χ1v) is 4.64. The Hall–Kier alpha value is -1.09. The van der Waals surface area contributed by atoms with Gasteiger partial charge in [-0.25, -0.2) is 4.98 Å². The fourth-order valence-electron chi connectivity index (χ4n) is 1.61. The molecular formula is C10H15N3. The lowest BCUT2D eigenvalue weighted by Crippen LogP contribution is -2.36. The molecule has 1 N–H and O–H groups in total. The van der Waals surface area contributed by atoms with Gasteiger partial charge < -0.3 is 10.2 Å². The number of rotatable bonds is 2. The molecule has 1 atom stereocenters. The molecule has 3 nitrogen and oxygen atoms in total. The minimum atomic E-state index is 0.520. The maximum absolute atomic E-state index is 4.37. The Morgan fingerprint density at radius 2 is 2.31 bits per heavy atom. The van der Waals surface area contributed by atoms with Crippen LogP contribution < -0.4 is 10.2 Å². The zero-order chi connectivity index (χ0) is 9.26. The number of nitrogens with one attached hydrogen (secondary N) is 1. The highest BCUT2D eigenvalue weighted by molar-refractivity contribution is 5.47. The predicted molar refractivity (Wildman–Crippen MR) is 53.9 cm³/mol. The molecule has 0 bridgehead atoms. The molecule has 2 rings (SSSR count). The molecule has 1 aliphatic rings. The molecule has 0 spiro atoms. The molecule has 1 fully saturated rings. The summed E-state index contributed by atoms with van der Waals surface area (Å²) in [6, 6.07) is 4.67. The van der Waals surface area contributed by atoms with E-state index in [4.69, 9.17) is 0 Å². The molecule has 0 amide bonds. The van der Waals surface area contributed by atoms with Crippen molar-refractivity contribution >= 4 is 5.82 Å². The summed E-state index contributed by atoms with van der Waals surface area (Å²) in [5.74, 6) is 1.08. The van der Waals surface area contributed by atoms with Crippen LogP contribution in [-0.4, -0.2) is 25.6 Å². The van der Waals surface area contributed by atoms with E-state index in [1.807, 2.05) is 26.4 Å². The second-order valence-corrected chi connectivity index (χ2v) is 3.61. The van der Waals surface area contributed by atoms with Crippen LogP contribution in [0.3, 0.4) is 0 Å². The Morgan fingerprint density at radius 1 is 1.54 bits per heavy atom. The lowest BCUT2D eigenvalue weighted by Gasteiger charge is -2.30. The summed E-state index contributed by atoms with van der Waals surface area (Å²) < 4.78 is 0. The number of aromatic nitrogens is 1. The van der Waals surface area contributed by atoms with Crippen LogP contribution in [0.5, 0.6) is 0 Å². The Kier molecular flexibility index (Phi) is 2.19. The summed E-state index contributed by atoms with van der Waals surface area (Å²) in [5.41, 5.74) is 1.32. The van der Waals surface area contributed by atoms with Crippen molar-refractivity contribution in [1.82, 2.24) is 10.3 Å². The number of pyridine rings is 1. The molecule has 70 valence electrons. The van der Waals surface area contributed by atoms with Crippen LogP contribution in [0.4, 0.5) is 5.82 Å². The van der Waals surface area contributed by atoms with Crippen molar-refractivity contribution in [3.05, 3.63) is 23.9 Å². The highest BCUT2D eigenvalue weighted by Gasteiger charge is 2.22. The van der Waals surface area contributed by atoms with Crippen molar-refractivity contribution < 1.29 is 0 Å². The van der Waals surface area contributed by atoms with E-state index in [1.54, 1.807) is 0 Å². The maximum atomic E-state index is 4.37. The molecular weight excluding hydrogens is 162 g/mol. The summed E-state index contributed by atoms with van der Waals surface area (Å²) >= 11 is 0. The fraction of sp³-hybridized carbons (Fsp3) is 0.500. The number of nitrogens with zero attached hydrogens (tertiary/aromatic N) is 2. The topological polar surface area (TPSA) is 28.2 Å². The molecule has 3 heteroatoms. The standard InChI is InChI=1S/C10H15N3/c1-13(2)10-8(4-3-6-12-10)9-5-7-11-9/h3-4,6,9,11H,5,7H2,1-2H3. The molecule has 1 unspecified atom stereocenters. The van der Waals surface area contributed by atoms with Crippen LogP contribution >= 0.6 is 0 Å². The fourth-order valence-corrected chi connectivity index (χ4v) is 1.61. The third-order valence-electron chi connectivity index (χ3n) is 2.44. The van der Waals surface area contributed by atoms with Crippen molar-refractivity contribution in [1.29, 1.82) is 0 Å². The monoisotopic (exact) mass is 177 g/mol. The molecule has 1 aromatic rings. The molecule has 0 aromatic carbocycles. The Balaban J connectivity index is 2.31. The van der Waals surface area contributed by atoms with Gasteiger partial charge in [-0.1, -0.05) is 6.07 Å². The van der Waals surface area contributed by atoms with Gasteiger partial charge in [-0.05, 0) is 19.0 Å². The predicted octanol–water partition coefficient (Wildman–Crippen LogP) is 1.18. The number of anilines is 1. The van der Waals surface area contributed by atoms with Crippen LogP contribution in [-0.2, 0) is 0 Å². The van der Waals surface area contributed by atoms with Crippen LogP contribution in [0.1, 0.15) is 18.0 Å². The molecule has 1 saturated heterocycles. The highest BCUT2D eigenvalue weighted by atomic mass is 15.1. The van der Waals surface area contributed by atoms with Crippen molar-refractivity contribution in [2.24, 2.45) is 0 Å². The third-order valence-corrected chi connectivity index (χ3v) is 2.44. The zero-order valence-electron chi connectivity index (χ0n) is 8.12. The Bertz CT molecular complexity index is 292. The summed E-state index contributed by atoms with van der Waals surface area (Å²) in [6.07, 6.45) is 3.07. The van der Waals surface area contributed by atoms with Gasteiger partial charge >= 0.3 is 0 Å². The van der Waals surface area contributed by atoms with E-state index in [1.165, 1.54) is 12.0 Å². The summed E-state index contributed by atoms with van der Waals surface area (Å²) in [7, 11) is 4.06. The normalized spacial score (nSPS) is 20.9. The van der Waals surface area contributed by atoms with Gasteiger partial charge in [-0.15, -0.1) is 0 Å². The first-order chi connectivity index (χ1) is 6.29. The average molecular weight is 177 g/mol. The molecule has 1 aliphatic heterocycles. The van der Waals surface area contributed by atoms with Crippen LogP contribution in [0.15, 0.2) is 18.3 Å². The molecule has 0 saturated carbocycles. The van der Waals surface area contributed by atoms with Gasteiger partial charge in [-0.2, -0.15) is 0 Å². The minimum absolute atomic E-state index is 0.520. The highest BCUT2D eigenvalue weighted by Crippen LogP contribution is 2.28. The smallest absolute Gasteiger partial charge is 0.132 e. The van der Waals surface area contributed by atoms with Gasteiger partial charge in [0.05, 0.1) is 0 Å². The van der Waals surface area contributed by atoms with Crippen LogP contribution in [0.25, 0.3) is 0 Å². The van der Waals surface area contributed by atoms with Gasteiger partial charge in [0.1, 0.15) is 5.82 Å². The first kappa shape index (κ1) is 8.51. The van der Waals surface area contributed by atoms with Crippen molar-refractivity contribution in [2.45, 2.75) is 12.5 Å². The van der Waals surface area contributed by atoms with E-state index < -0.39 is 0 Å². The van der Waals surface area contributed by atoms with E-state index in [0.29, 0.717) is 6.04 Å².